The van der Waals surface area contributed by atoms with Crippen LogP contribution in [0.5, 0.6) is 0 Å². The molecule has 0 aliphatic carbocycles. The third kappa shape index (κ3) is 2.16. The fourth-order valence-corrected chi connectivity index (χ4v) is 2.18. The number of rotatable bonds is 3. The highest BCUT2D eigenvalue weighted by Crippen LogP contribution is 2.27. The fraction of sp³-hybridized carbons (Fsp3) is 0.267. The minimum absolute atomic E-state index is 0.257. The Morgan fingerprint density at radius 2 is 1.94 bits per heavy atom. The summed E-state index contributed by atoms with van der Waals surface area (Å²) >= 11 is 0. The highest BCUT2D eigenvalue weighted by molar-refractivity contribution is 5.93. The number of nitrogens with zero attached hydrogens (tertiary/aromatic N) is 1. The summed E-state index contributed by atoms with van der Waals surface area (Å²) in [5, 5.41) is 0. The average Bonchev–Trinajstić information content (AvgIpc) is 2.66. The molecular weight excluding hydrogens is 226 g/mol. The lowest BCUT2D eigenvalue weighted by atomic mass is 10.1. The Morgan fingerprint density at radius 1 is 1.28 bits per heavy atom. The number of aryl methyl sites for hydroxylation is 1. The van der Waals surface area contributed by atoms with Gasteiger partial charge in [0.05, 0.1) is 17.9 Å². The van der Waals surface area contributed by atoms with Crippen LogP contribution in [0.2, 0.25) is 0 Å². The number of esters is 1. The Balaban J connectivity index is 2.48. The van der Waals surface area contributed by atoms with E-state index in [9.17, 15) is 4.79 Å². The highest BCUT2D eigenvalue weighted by atomic mass is 16.5. The van der Waals surface area contributed by atoms with Gasteiger partial charge in [-0.05, 0) is 25.0 Å². The molecule has 0 N–H and O–H groups in total. The van der Waals surface area contributed by atoms with Gasteiger partial charge in [-0.25, -0.2) is 4.79 Å². The number of carbonyl (C=O) groups excluding carboxylic acids is 1. The summed E-state index contributed by atoms with van der Waals surface area (Å²) in [6.45, 7) is 4.16. The van der Waals surface area contributed by atoms with Gasteiger partial charge < -0.3 is 9.30 Å². The van der Waals surface area contributed by atoms with E-state index in [0.717, 1.165) is 16.8 Å². The lowest BCUT2D eigenvalue weighted by Gasteiger charge is -2.05. The van der Waals surface area contributed by atoms with E-state index in [1.807, 2.05) is 62.0 Å². The molecule has 3 nitrogen and oxygen atoms in total. The first kappa shape index (κ1) is 12.4. The van der Waals surface area contributed by atoms with Crippen LogP contribution in [-0.2, 0) is 11.8 Å². The van der Waals surface area contributed by atoms with E-state index in [1.54, 1.807) is 0 Å². The zero-order valence-corrected chi connectivity index (χ0v) is 10.9. The quantitative estimate of drug-likeness (QED) is 0.775. The van der Waals surface area contributed by atoms with E-state index < -0.39 is 0 Å². The third-order valence-corrected chi connectivity index (χ3v) is 2.98. The van der Waals surface area contributed by atoms with E-state index in [0.29, 0.717) is 12.2 Å². The van der Waals surface area contributed by atoms with Gasteiger partial charge in [0.2, 0.25) is 0 Å². The summed E-state index contributed by atoms with van der Waals surface area (Å²) in [5.41, 5.74) is 3.76. The summed E-state index contributed by atoms with van der Waals surface area (Å²) in [7, 11) is 1.94. The molecule has 0 saturated heterocycles. The lowest BCUT2D eigenvalue weighted by Crippen LogP contribution is -2.04. The molecule has 0 amide bonds. The SMILES string of the molecule is CCOC(=O)c1cn(C)c(-c2ccccc2)c1C. The molecule has 0 unspecified atom stereocenters. The molecule has 0 radical (unpaired) electrons. The van der Waals surface area contributed by atoms with E-state index >= 15 is 0 Å². The molecule has 94 valence electrons. The lowest BCUT2D eigenvalue weighted by molar-refractivity contribution is 0.0525. The van der Waals surface area contributed by atoms with Crippen LogP contribution in [0.15, 0.2) is 36.5 Å². The van der Waals surface area contributed by atoms with Gasteiger partial charge in [-0.1, -0.05) is 30.3 Å². The van der Waals surface area contributed by atoms with Crippen molar-refractivity contribution in [3.63, 3.8) is 0 Å². The van der Waals surface area contributed by atoms with Crippen LogP contribution >= 0.6 is 0 Å². The zero-order valence-electron chi connectivity index (χ0n) is 10.9. The van der Waals surface area contributed by atoms with Crippen molar-refractivity contribution in [3.05, 3.63) is 47.7 Å². The second kappa shape index (κ2) is 5.08. The Bertz CT molecular complexity index is 555. The van der Waals surface area contributed by atoms with Gasteiger partial charge in [0, 0.05) is 13.2 Å². The molecule has 2 aromatic rings. The Kier molecular flexibility index (Phi) is 3.51. The molecule has 1 aromatic carbocycles. The largest absolute Gasteiger partial charge is 0.462 e. The van der Waals surface area contributed by atoms with Gasteiger partial charge in [0.1, 0.15) is 0 Å². The monoisotopic (exact) mass is 243 g/mol. The van der Waals surface area contributed by atoms with Crippen molar-refractivity contribution < 1.29 is 9.53 Å². The van der Waals surface area contributed by atoms with Gasteiger partial charge in [-0.15, -0.1) is 0 Å². The minimum atomic E-state index is -0.257. The molecule has 2 rings (SSSR count). The average molecular weight is 243 g/mol. The molecule has 0 atom stereocenters. The van der Waals surface area contributed by atoms with Crippen molar-refractivity contribution in [2.24, 2.45) is 7.05 Å². The number of ether oxygens (including phenoxy) is 1. The van der Waals surface area contributed by atoms with Crippen LogP contribution < -0.4 is 0 Å². The number of hydrogen-bond donors (Lipinski definition) is 0. The topological polar surface area (TPSA) is 31.2 Å². The molecule has 0 aliphatic heterocycles. The maximum absolute atomic E-state index is 11.8. The van der Waals surface area contributed by atoms with E-state index in [-0.39, 0.29) is 5.97 Å². The van der Waals surface area contributed by atoms with Crippen molar-refractivity contribution in [2.45, 2.75) is 13.8 Å². The van der Waals surface area contributed by atoms with Crippen LogP contribution in [0, 0.1) is 6.92 Å². The van der Waals surface area contributed by atoms with Crippen molar-refractivity contribution >= 4 is 5.97 Å². The first-order chi connectivity index (χ1) is 8.65. The second-order valence-electron chi connectivity index (χ2n) is 4.21. The summed E-state index contributed by atoms with van der Waals surface area (Å²) in [6, 6.07) is 10.0. The zero-order chi connectivity index (χ0) is 13.1. The predicted octanol–water partition coefficient (Wildman–Crippen LogP) is 3.18. The van der Waals surface area contributed by atoms with Crippen LogP contribution in [-0.4, -0.2) is 17.1 Å². The molecule has 0 spiro atoms. The van der Waals surface area contributed by atoms with E-state index in [4.69, 9.17) is 4.74 Å². The molecule has 0 aliphatic rings. The molecule has 1 heterocycles. The number of benzene rings is 1. The van der Waals surface area contributed by atoms with Crippen LogP contribution in [0.25, 0.3) is 11.3 Å². The van der Waals surface area contributed by atoms with Gasteiger partial charge >= 0.3 is 5.97 Å². The summed E-state index contributed by atoms with van der Waals surface area (Å²) < 4.78 is 7.03. The van der Waals surface area contributed by atoms with E-state index in [2.05, 4.69) is 0 Å². The summed E-state index contributed by atoms with van der Waals surface area (Å²) in [4.78, 5) is 11.8. The number of carbonyl (C=O) groups is 1. The van der Waals surface area contributed by atoms with Gasteiger partial charge in [0.15, 0.2) is 0 Å². The smallest absolute Gasteiger partial charge is 0.339 e. The van der Waals surface area contributed by atoms with E-state index in [1.165, 1.54) is 0 Å². The fourth-order valence-electron chi connectivity index (χ4n) is 2.18. The van der Waals surface area contributed by atoms with Gasteiger partial charge in [-0.2, -0.15) is 0 Å². The molecule has 0 fully saturated rings. The standard InChI is InChI=1S/C15H17NO2/c1-4-18-15(17)13-10-16(3)14(11(13)2)12-8-6-5-7-9-12/h5-10H,4H2,1-3H3. The number of aromatic nitrogens is 1. The number of hydrogen-bond acceptors (Lipinski definition) is 2. The van der Waals surface area contributed by atoms with Crippen LogP contribution in [0.4, 0.5) is 0 Å². The molecule has 3 heteroatoms. The molecule has 0 saturated carbocycles. The molecule has 18 heavy (non-hydrogen) atoms. The Morgan fingerprint density at radius 3 is 2.56 bits per heavy atom. The van der Waals surface area contributed by atoms with Crippen LogP contribution in [0.3, 0.4) is 0 Å². The predicted molar refractivity (Wildman–Crippen MR) is 71.5 cm³/mol. The first-order valence-electron chi connectivity index (χ1n) is 6.03. The first-order valence-corrected chi connectivity index (χ1v) is 6.03. The minimum Gasteiger partial charge on any atom is -0.462 e. The molecular formula is C15H17NO2. The summed E-state index contributed by atoms with van der Waals surface area (Å²) in [6.07, 6.45) is 1.83. The maximum Gasteiger partial charge on any atom is 0.339 e. The van der Waals surface area contributed by atoms with Gasteiger partial charge in [-0.3, -0.25) is 0 Å². The molecule has 0 bridgehead atoms. The normalized spacial score (nSPS) is 10.4. The van der Waals surface area contributed by atoms with Crippen molar-refractivity contribution in [3.8, 4) is 11.3 Å². The Hall–Kier alpha value is -2.03. The van der Waals surface area contributed by atoms with Gasteiger partial charge in [0.25, 0.3) is 0 Å². The van der Waals surface area contributed by atoms with Crippen LogP contribution in [0.1, 0.15) is 22.8 Å². The maximum atomic E-state index is 11.8. The second-order valence-corrected chi connectivity index (χ2v) is 4.21. The van der Waals surface area contributed by atoms with Crippen molar-refractivity contribution in [1.29, 1.82) is 0 Å². The van der Waals surface area contributed by atoms with Crippen molar-refractivity contribution in [2.75, 3.05) is 6.61 Å². The highest BCUT2D eigenvalue weighted by Gasteiger charge is 2.17. The third-order valence-electron chi connectivity index (χ3n) is 2.98. The summed E-state index contributed by atoms with van der Waals surface area (Å²) in [5.74, 6) is -0.257. The Labute approximate surface area is 107 Å². The molecule has 1 aromatic heterocycles. The van der Waals surface area contributed by atoms with Crippen molar-refractivity contribution in [1.82, 2.24) is 4.57 Å².